The van der Waals surface area contributed by atoms with Gasteiger partial charge in [-0.3, -0.25) is 0 Å². The molecular formula is C12H20N2OS2. The van der Waals surface area contributed by atoms with Crippen LogP contribution >= 0.6 is 23.1 Å². The van der Waals surface area contributed by atoms with Crippen LogP contribution in [-0.4, -0.2) is 28.0 Å². The van der Waals surface area contributed by atoms with Crippen molar-refractivity contribution in [1.29, 1.82) is 0 Å². The molecule has 5 heteroatoms. The Morgan fingerprint density at radius 1 is 1.71 bits per heavy atom. The standard InChI is InChI=1S/C12H20N2OS2/c1-9-7-17-11(14-9)16-6-4-10-3-2-5-12(10,13)8-15/h7,10,15H,2-6,8,13H2,1H3. The zero-order chi connectivity index (χ0) is 12.3. The first-order valence-corrected chi connectivity index (χ1v) is 7.95. The maximum Gasteiger partial charge on any atom is 0.150 e. The minimum atomic E-state index is -0.320. The lowest BCUT2D eigenvalue weighted by Crippen LogP contribution is -2.47. The van der Waals surface area contributed by atoms with Crippen LogP contribution in [0.3, 0.4) is 0 Å². The van der Waals surface area contributed by atoms with Crippen molar-refractivity contribution in [2.24, 2.45) is 11.7 Å². The van der Waals surface area contributed by atoms with Crippen LogP contribution in [0.1, 0.15) is 31.4 Å². The highest BCUT2D eigenvalue weighted by atomic mass is 32.2. The van der Waals surface area contributed by atoms with E-state index in [0.29, 0.717) is 5.92 Å². The molecule has 1 aromatic rings. The highest BCUT2D eigenvalue weighted by Gasteiger charge is 2.38. The summed E-state index contributed by atoms with van der Waals surface area (Å²) in [5, 5.41) is 11.5. The van der Waals surface area contributed by atoms with Gasteiger partial charge in [-0.2, -0.15) is 0 Å². The summed E-state index contributed by atoms with van der Waals surface area (Å²) in [7, 11) is 0. The van der Waals surface area contributed by atoms with Gasteiger partial charge in [0.25, 0.3) is 0 Å². The average molecular weight is 272 g/mol. The Bertz CT molecular complexity index is 369. The molecule has 0 spiro atoms. The minimum Gasteiger partial charge on any atom is -0.394 e. The number of aromatic nitrogens is 1. The zero-order valence-electron chi connectivity index (χ0n) is 10.2. The number of aryl methyl sites for hydroxylation is 1. The molecule has 0 aliphatic heterocycles. The van der Waals surface area contributed by atoms with Crippen molar-refractivity contribution in [1.82, 2.24) is 4.98 Å². The smallest absolute Gasteiger partial charge is 0.150 e. The summed E-state index contributed by atoms with van der Waals surface area (Å²) in [6, 6.07) is 0. The molecule has 0 radical (unpaired) electrons. The lowest BCUT2D eigenvalue weighted by molar-refractivity contribution is 0.158. The number of aliphatic hydroxyl groups is 1. The fourth-order valence-corrected chi connectivity index (χ4v) is 4.47. The van der Waals surface area contributed by atoms with E-state index in [1.165, 1.54) is 0 Å². The van der Waals surface area contributed by atoms with E-state index in [1.807, 2.05) is 18.7 Å². The van der Waals surface area contributed by atoms with Gasteiger partial charge >= 0.3 is 0 Å². The van der Waals surface area contributed by atoms with Gasteiger partial charge in [0.2, 0.25) is 0 Å². The summed E-state index contributed by atoms with van der Waals surface area (Å²) in [4.78, 5) is 4.43. The van der Waals surface area contributed by atoms with Gasteiger partial charge in [-0.05, 0) is 32.1 Å². The quantitative estimate of drug-likeness (QED) is 0.808. The largest absolute Gasteiger partial charge is 0.394 e. The van der Waals surface area contributed by atoms with Gasteiger partial charge in [0.15, 0.2) is 0 Å². The van der Waals surface area contributed by atoms with Crippen molar-refractivity contribution >= 4 is 23.1 Å². The first-order chi connectivity index (χ1) is 8.14. The molecule has 96 valence electrons. The number of rotatable bonds is 5. The first kappa shape index (κ1) is 13.3. The van der Waals surface area contributed by atoms with E-state index < -0.39 is 0 Å². The van der Waals surface area contributed by atoms with E-state index in [9.17, 15) is 5.11 Å². The second-order valence-electron chi connectivity index (χ2n) is 4.87. The van der Waals surface area contributed by atoms with Crippen LogP contribution in [0.2, 0.25) is 0 Å². The molecular weight excluding hydrogens is 252 g/mol. The fourth-order valence-electron chi connectivity index (χ4n) is 2.50. The molecule has 1 saturated carbocycles. The number of aliphatic hydroxyl groups excluding tert-OH is 1. The molecule has 3 N–H and O–H groups in total. The molecule has 3 nitrogen and oxygen atoms in total. The summed E-state index contributed by atoms with van der Waals surface area (Å²) in [6.45, 7) is 2.15. The van der Waals surface area contributed by atoms with E-state index in [4.69, 9.17) is 5.73 Å². The molecule has 1 aromatic heterocycles. The number of hydrogen-bond acceptors (Lipinski definition) is 5. The molecule has 2 atom stereocenters. The highest BCUT2D eigenvalue weighted by Crippen LogP contribution is 2.37. The van der Waals surface area contributed by atoms with E-state index in [1.54, 1.807) is 11.3 Å². The molecule has 2 rings (SSSR count). The number of nitrogens with two attached hydrogens (primary N) is 1. The number of nitrogens with zero attached hydrogens (tertiary/aromatic N) is 1. The summed E-state index contributed by atoms with van der Waals surface area (Å²) in [5.41, 5.74) is 6.99. The van der Waals surface area contributed by atoms with E-state index in [0.717, 1.165) is 41.5 Å². The summed E-state index contributed by atoms with van der Waals surface area (Å²) < 4.78 is 1.15. The monoisotopic (exact) mass is 272 g/mol. The molecule has 1 fully saturated rings. The molecule has 0 bridgehead atoms. The van der Waals surface area contributed by atoms with Gasteiger partial charge in [-0.15, -0.1) is 11.3 Å². The van der Waals surface area contributed by atoms with Gasteiger partial charge in [0, 0.05) is 22.4 Å². The summed E-state index contributed by atoms with van der Waals surface area (Å²) in [5.74, 6) is 1.53. The van der Waals surface area contributed by atoms with Gasteiger partial charge in [0.1, 0.15) is 4.34 Å². The molecule has 0 saturated heterocycles. The lowest BCUT2D eigenvalue weighted by Gasteiger charge is -2.29. The van der Waals surface area contributed by atoms with Crippen molar-refractivity contribution < 1.29 is 5.11 Å². The first-order valence-electron chi connectivity index (χ1n) is 6.09. The molecule has 0 aromatic carbocycles. The predicted molar refractivity (Wildman–Crippen MR) is 73.5 cm³/mol. The maximum atomic E-state index is 9.37. The van der Waals surface area contributed by atoms with E-state index >= 15 is 0 Å². The topological polar surface area (TPSA) is 59.1 Å². The molecule has 1 aliphatic rings. The van der Waals surface area contributed by atoms with Gasteiger partial charge in [-0.25, -0.2) is 4.98 Å². The summed E-state index contributed by atoms with van der Waals surface area (Å²) in [6.07, 6.45) is 4.37. The molecule has 1 heterocycles. The van der Waals surface area contributed by atoms with Crippen LogP contribution in [0.25, 0.3) is 0 Å². The van der Waals surface area contributed by atoms with Crippen molar-refractivity contribution in [3.8, 4) is 0 Å². The van der Waals surface area contributed by atoms with Crippen molar-refractivity contribution in [2.75, 3.05) is 12.4 Å². The van der Waals surface area contributed by atoms with Gasteiger partial charge < -0.3 is 10.8 Å². The third kappa shape index (κ3) is 3.22. The van der Waals surface area contributed by atoms with Crippen LogP contribution in [0.4, 0.5) is 0 Å². The Labute approximate surface area is 111 Å². The van der Waals surface area contributed by atoms with Crippen molar-refractivity contribution in [3.05, 3.63) is 11.1 Å². The van der Waals surface area contributed by atoms with E-state index in [-0.39, 0.29) is 12.1 Å². The Kier molecular flexibility index (Phi) is 4.47. The Balaban J connectivity index is 1.78. The molecule has 17 heavy (non-hydrogen) atoms. The third-order valence-corrected chi connectivity index (χ3v) is 5.76. The number of hydrogen-bond donors (Lipinski definition) is 2. The van der Waals surface area contributed by atoms with Crippen LogP contribution in [0, 0.1) is 12.8 Å². The fraction of sp³-hybridized carbons (Fsp3) is 0.750. The predicted octanol–water partition coefficient (Wildman–Crippen LogP) is 2.42. The second-order valence-corrected chi connectivity index (χ2v) is 7.07. The van der Waals surface area contributed by atoms with Crippen molar-refractivity contribution in [2.45, 2.75) is 42.5 Å². The normalized spacial score (nSPS) is 28.8. The van der Waals surface area contributed by atoms with Crippen molar-refractivity contribution in [3.63, 3.8) is 0 Å². The van der Waals surface area contributed by atoms with Crippen LogP contribution in [-0.2, 0) is 0 Å². The highest BCUT2D eigenvalue weighted by molar-refractivity contribution is 8.00. The SMILES string of the molecule is Cc1csc(SCCC2CCCC2(N)CO)n1. The van der Waals surface area contributed by atoms with Crippen LogP contribution < -0.4 is 5.73 Å². The maximum absolute atomic E-state index is 9.37. The Morgan fingerprint density at radius 3 is 3.18 bits per heavy atom. The van der Waals surface area contributed by atoms with Gasteiger partial charge in [0.05, 0.1) is 6.61 Å². The minimum absolute atomic E-state index is 0.124. The number of thiazole rings is 1. The zero-order valence-corrected chi connectivity index (χ0v) is 11.8. The second kappa shape index (κ2) is 5.69. The average Bonchev–Trinajstić information content (AvgIpc) is 2.87. The van der Waals surface area contributed by atoms with E-state index in [2.05, 4.69) is 10.4 Å². The van der Waals surface area contributed by atoms with Crippen LogP contribution in [0.5, 0.6) is 0 Å². The molecule has 1 aliphatic carbocycles. The van der Waals surface area contributed by atoms with Crippen LogP contribution in [0.15, 0.2) is 9.72 Å². The lowest BCUT2D eigenvalue weighted by atomic mass is 9.87. The number of thioether (sulfide) groups is 1. The Hall–Kier alpha value is -0.100. The molecule has 0 amide bonds. The Morgan fingerprint density at radius 2 is 2.53 bits per heavy atom. The third-order valence-electron chi connectivity index (χ3n) is 3.59. The summed E-state index contributed by atoms with van der Waals surface area (Å²) >= 11 is 3.52. The van der Waals surface area contributed by atoms with Gasteiger partial charge in [-0.1, -0.05) is 18.2 Å². The molecule has 2 unspecified atom stereocenters.